The molecule has 0 aliphatic carbocycles. The molecule has 1 N–H and O–H groups in total. The van der Waals surface area contributed by atoms with Crippen LogP contribution in [-0.2, 0) is 0 Å². The normalized spacial score (nSPS) is 12.5. The van der Waals surface area contributed by atoms with Crippen LogP contribution in [0.5, 0.6) is 0 Å². The van der Waals surface area contributed by atoms with E-state index in [1.165, 1.54) is 16.7 Å². The minimum absolute atomic E-state index is 0.0994. The van der Waals surface area contributed by atoms with Crippen LogP contribution in [0.4, 0.5) is 0 Å². The predicted molar refractivity (Wildman–Crippen MR) is 81.6 cm³/mol. The number of para-hydroxylation sites is 1. The van der Waals surface area contributed by atoms with E-state index in [-0.39, 0.29) is 6.04 Å². The van der Waals surface area contributed by atoms with Crippen LogP contribution >= 0.6 is 0 Å². The van der Waals surface area contributed by atoms with Crippen LogP contribution < -0.4 is 5.32 Å². The topological polar surface area (TPSA) is 37.8 Å². The molecule has 0 saturated carbocycles. The first-order valence-electron chi connectivity index (χ1n) is 6.72. The number of rotatable bonds is 3. The smallest absolute Gasteiger partial charge is 0.0753 e. The third-order valence-corrected chi connectivity index (χ3v) is 3.65. The maximum absolute atomic E-state index is 4.54. The van der Waals surface area contributed by atoms with Gasteiger partial charge < -0.3 is 5.32 Å². The minimum Gasteiger partial charge on any atom is -0.309 e. The van der Waals surface area contributed by atoms with Crippen LogP contribution in [-0.4, -0.2) is 17.0 Å². The standard InChI is InChI=1S/C17H17N3/c1-12-8-10-19-11-15(12)17(18-2)14-7-3-5-13-6-4-9-20-16(13)14/h3-11,17-18H,1-2H3. The quantitative estimate of drug-likeness (QED) is 0.788. The van der Waals surface area contributed by atoms with Gasteiger partial charge in [-0.2, -0.15) is 0 Å². The summed E-state index contributed by atoms with van der Waals surface area (Å²) in [6.07, 6.45) is 5.60. The van der Waals surface area contributed by atoms with Crippen molar-refractivity contribution < 1.29 is 0 Å². The van der Waals surface area contributed by atoms with Crippen molar-refractivity contribution in [3.8, 4) is 0 Å². The molecule has 0 fully saturated rings. The second-order valence-corrected chi connectivity index (χ2v) is 4.88. The van der Waals surface area contributed by atoms with E-state index >= 15 is 0 Å². The van der Waals surface area contributed by atoms with E-state index in [1.807, 2.05) is 37.8 Å². The van der Waals surface area contributed by atoms with E-state index in [0.29, 0.717) is 0 Å². The molecule has 0 saturated heterocycles. The number of aromatic nitrogens is 2. The number of fused-ring (bicyclic) bond motifs is 1. The largest absolute Gasteiger partial charge is 0.309 e. The Morgan fingerprint density at radius 2 is 1.85 bits per heavy atom. The Hall–Kier alpha value is -2.26. The first-order valence-corrected chi connectivity index (χ1v) is 6.72. The van der Waals surface area contributed by atoms with Gasteiger partial charge in [-0.3, -0.25) is 9.97 Å². The van der Waals surface area contributed by atoms with Crippen molar-refractivity contribution in [1.82, 2.24) is 15.3 Å². The second kappa shape index (κ2) is 5.39. The summed E-state index contributed by atoms with van der Waals surface area (Å²) in [5.74, 6) is 0. The molecule has 3 heteroatoms. The molecule has 0 aliphatic heterocycles. The lowest BCUT2D eigenvalue weighted by Gasteiger charge is -2.20. The number of pyridine rings is 2. The summed E-state index contributed by atoms with van der Waals surface area (Å²) < 4.78 is 0. The molecule has 20 heavy (non-hydrogen) atoms. The molecule has 100 valence electrons. The van der Waals surface area contributed by atoms with Crippen LogP contribution in [0, 0.1) is 6.92 Å². The Morgan fingerprint density at radius 1 is 1.00 bits per heavy atom. The summed E-state index contributed by atoms with van der Waals surface area (Å²) in [6.45, 7) is 2.11. The van der Waals surface area contributed by atoms with E-state index in [4.69, 9.17) is 0 Å². The lowest BCUT2D eigenvalue weighted by atomic mass is 9.95. The molecule has 1 aromatic carbocycles. The molecule has 0 bridgehead atoms. The Kier molecular flexibility index (Phi) is 3.44. The van der Waals surface area contributed by atoms with Crippen molar-refractivity contribution in [3.63, 3.8) is 0 Å². The third kappa shape index (κ3) is 2.17. The van der Waals surface area contributed by atoms with Crippen molar-refractivity contribution in [2.45, 2.75) is 13.0 Å². The summed E-state index contributed by atoms with van der Waals surface area (Å²) in [4.78, 5) is 8.80. The molecule has 2 heterocycles. The maximum atomic E-state index is 4.54. The van der Waals surface area contributed by atoms with E-state index in [0.717, 1.165) is 10.9 Å². The predicted octanol–water partition coefficient (Wildman–Crippen LogP) is 3.25. The number of hydrogen-bond donors (Lipinski definition) is 1. The van der Waals surface area contributed by atoms with Crippen molar-refractivity contribution in [1.29, 1.82) is 0 Å². The van der Waals surface area contributed by atoms with Crippen LogP contribution in [0.2, 0.25) is 0 Å². The first-order chi connectivity index (χ1) is 9.81. The molecule has 1 unspecified atom stereocenters. The van der Waals surface area contributed by atoms with Gasteiger partial charge in [-0.1, -0.05) is 24.3 Å². The van der Waals surface area contributed by atoms with Crippen LogP contribution in [0.3, 0.4) is 0 Å². The first kappa shape index (κ1) is 12.8. The van der Waals surface area contributed by atoms with Gasteiger partial charge in [0.05, 0.1) is 11.6 Å². The molecule has 0 aliphatic rings. The highest BCUT2D eigenvalue weighted by Gasteiger charge is 2.17. The van der Waals surface area contributed by atoms with Gasteiger partial charge in [0.15, 0.2) is 0 Å². The van der Waals surface area contributed by atoms with Crippen molar-refractivity contribution in [3.05, 3.63) is 71.7 Å². The van der Waals surface area contributed by atoms with Crippen molar-refractivity contribution >= 4 is 10.9 Å². The van der Waals surface area contributed by atoms with E-state index in [9.17, 15) is 0 Å². The molecular weight excluding hydrogens is 246 g/mol. The fourth-order valence-corrected chi connectivity index (χ4v) is 2.62. The number of benzene rings is 1. The Bertz CT molecular complexity index is 732. The lowest BCUT2D eigenvalue weighted by Crippen LogP contribution is -2.19. The summed E-state index contributed by atoms with van der Waals surface area (Å²) in [6, 6.07) is 12.5. The van der Waals surface area contributed by atoms with Crippen molar-refractivity contribution in [2.75, 3.05) is 7.05 Å². The summed E-state index contributed by atoms with van der Waals surface area (Å²) >= 11 is 0. The summed E-state index contributed by atoms with van der Waals surface area (Å²) in [5.41, 5.74) is 4.64. The van der Waals surface area contributed by atoms with Crippen LogP contribution in [0.1, 0.15) is 22.7 Å². The number of nitrogens with zero attached hydrogens (tertiary/aromatic N) is 2. The number of hydrogen-bond acceptors (Lipinski definition) is 3. The molecule has 0 radical (unpaired) electrons. The molecule has 2 aromatic heterocycles. The van der Waals surface area contributed by atoms with Gasteiger partial charge in [0.1, 0.15) is 0 Å². The van der Waals surface area contributed by atoms with Crippen molar-refractivity contribution in [2.24, 2.45) is 0 Å². The van der Waals surface area contributed by atoms with E-state index < -0.39 is 0 Å². The second-order valence-electron chi connectivity index (χ2n) is 4.88. The SMILES string of the molecule is CNC(c1cnccc1C)c1cccc2cccnc12. The lowest BCUT2D eigenvalue weighted by molar-refractivity contribution is 0.688. The van der Waals surface area contributed by atoms with Gasteiger partial charge in [-0.25, -0.2) is 0 Å². The molecule has 1 atom stereocenters. The molecule has 3 aromatic rings. The minimum atomic E-state index is 0.0994. The Labute approximate surface area is 118 Å². The maximum Gasteiger partial charge on any atom is 0.0753 e. The fourth-order valence-electron chi connectivity index (χ4n) is 2.62. The van der Waals surface area contributed by atoms with Gasteiger partial charge in [-0.05, 0) is 42.8 Å². The molecular formula is C17H17N3. The van der Waals surface area contributed by atoms with Crippen LogP contribution in [0.25, 0.3) is 10.9 Å². The molecule has 3 rings (SSSR count). The average Bonchev–Trinajstić information content (AvgIpc) is 2.50. The highest BCUT2D eigenvalue weighted by atomic mass is 14.9. The summed E-state index contributed by atoms with van der Waals surface area (Å²) in [7, 11) is 1.97. The van der Waals surface area contributed by atoms with E-state index in [1.54, 1.807) is 0 Å². The van der Waals surface area contributed by atoms with Gasteiger partial charge in [0, 0.05) is 24.0 Å². The van der Waals surface area contributed by atoms with Gasteiger partial charge in [0.2, 0.25) is 0 Å². The van der Waals surface area contributed by atoms with Gasteiger partial charge >= 0.3 is 0 Å². The Balaban J connectivity index is 2.20. The Morgan fingerprint density at radius 3 is 2.65 bits per heavy atom. The fraction of sp³-hybridized carbons (Fsp3) is 0.176. The average molecular weight is 263 g/mol. The monoisotopic (exact) mass is 263 g/mol. The van der Waals surface area contributed by atoms with E-state index in [2.05, 4.69) is 46.5 Å². The summed E-state index contributed by atoms with van der Waals surface area (Å²) in [5, 5.41) is 4.55. The highest BCUT2D eigenvalue weighted by molar-refractivity contribution is 5.82. The zero-order chi connectivity index (χ0) is 13.9. The van der Waals surface area contributed by atoms with Gasteiger partial charge in [0.25, 0.3) is 0 Å². The zero-order valence-corrected chi connectivity index (χ0v) is 11.7. The zero-order valence-electron chi connectivity index (χ0n) is 11.7. The van der Waals surface area contributed by atoms with Gasteiger partial charge in [-0.15, -0.1) is 0 Å². The van der Waals surface area contributed by atoms with Crippen LogP contribution in [0.15, 0.2) is 55.0 Å². The third-order valence-electron chi connectivity index (χ3n) is 3.65. The number of aryl methyl sites for hydroxylation is 1. The molecule has 3 nitrogen and oxygen atoms in total. The highest BCUT2D eigenvalue weighted by Crippen LogP contribution is 2.28. The molecule has 0 amide bonds. The number of nitrogens with one attached hydrogen (secondary N) is 1. The molecule has 0 spiro atoms.